The Morgan fingerprint density at radius 1 is 1.15 bits per heavy atom. The lowest BCUT2D eigenvalue weighted by atomic mass is 9.86. The van der Waals surface area contributed by atoms with Gasteiger partial charge in [0.15, 0.2) is 6.10 Å². The van der Waals surface area contributed by atoms with Crippen LogP contribution in [0.1, 0.15) is 31.9 Å². The maximum absolute atomic E-state index is 14.4. The Kier molecular flexibility index (Phi) is 4.78. The van der Waals surface area contributed by atoms with Crippen molar-refractivity contribution in [3.05, 3.63) is 63.8 Å². The lowest BCUT2D eigenvalue weighted by Crippen LogP contribution is -2.35. The number of halogens is 1. The highest BCUT2D eigenvalue weighted by Crippen LogP contribution is 2.28. The number of hydrogen-bond donors (Lipinski definition) is 3. The molecule has 0 aliphatic carbocycles. The Balaban J connectivity index is 1.82. The fourth-order valence-electron chi connectivity index (χ4n) is 2.96. The van der Waals surface area contributed by atoms with Crippen LogP contribution < -0.4 is 16.2 Å². The third kappa shape index (κ3) is 4.19. The van der Waals surface area contributed by atoms with Crippen molar-refractivity contribution in [3.63, 3.8) is 0 Å². The van der Waals surface area contributed by atoms with Crippen molar-refractivity contribution in [1.29, 1.82) is 0 Å². The number of rotatable bonds is 5. The molecule has 0 bridgehead atoms. The second-order valence-electron chi connectivity index (χ2n) is 7.56. The maximum Gasteiger partial charge on any atom is 0.323 e. The zero-order valence-electron chi connectivity index (χ0n) is 15.4. The molecule has 27 heavy (non-hydrogen) atoms. The van der Waals surface area contributed by atoms with Gasteiger partial charge in [-0.15, -0.1) is 0 Å². The molecule has 142 valence electrons. The van der Waals surface area contributed by atoms with E-state index in [4.69, 9.17) is 10.5 Å². The first-order valence-electron chi connectivity index (χ1n) is 8.60. The maximum atomic E-state index is 14.4. The number of nitrogens with one attached hydrogen (secondary N) is 2. The highest BCUT2D eigenvalue weighted by Gasteiger charge is 2.22. The van der Waals surface area contributed by atoms with Crippen LogP contribution in [0.3, 0.4) is 0 Å². The van der Waals surface area contributed by atoms with Gasteiger partial charge in [-0.1, -0.05) is 32.9 Å². The van der Waals surface area contributed by atoms with Crippen LogP contribution in [-0.4, -0.2) is 22.0 Å². The molecule has 3 rings (SSSR count). The highest BCUT2D eigenvalue weighted by molar-refractivity contribution is 5.80. The first kappa shape index (κ1) is 18.7. The lowest BCUT2D eigenvalue weighted by Gasteiger charge is -2.21. The molecular formula is C20H22FN3O3. The van der Waals surface area contributed by atoms with Crippen LogP contribution in [0.25, 0.3) is 11.0 Å². The number of ether oxygens (including phenoxy) is 1. The Labute approximate surface area is 155 Å². The van der Waals surface area contributed by atoms with E-state index in [1.807, 2.05) is 20.8 Å². The Hall–Kier alpha value is -3.09. The fourth-order valence-corrected chi connectivity index (χ4v) is 2.96. The van der Waals surface area contributed by atoms with Crippen molar-refractivity contribution in [2.24, 2.45) is 5.73 Å². The van der Waals surface area contributed by atoms with Gasteiger partial charge in [0.2, 0.25) is 0 Å². The van der Waals surface area contributed by atoms with Gasteiger partial charge in [-0.3, -0.25) is 4.79 Å². The summed E-state index contributed by atoms with van der Waals surface area (Å²) in [5, 5.41) is 0. The van der Waals surface area contributed by atoms with Crippen molar-refractivity contribution < 1.29 is 13.9 Å². The van der Waals surface area contributed by atoms with Crippen LogP contribution in [0.2, 0.25) is 0 Å². The monoisotopic (exact) mass is 371 g/mol. The topological polar surface area (TPSA) is 101 Å². The number of carbonyl (C=O) groups is 1. The van der Waals surface area contributed by atoms with Crippen LogP contribution in [0.5, 0.6) is 5.75 Å². The van der Waals surface area contributed by atoms with Gasteiger partial charge in [-0.05, 0) is 34.7 Å². The van der Waals surface area contributed by atoms with Gasteiger partial charge >= 0.3 is 5.69 Å². The Morgan fingerprint density at radius 2 is 1.85 bits per heavy atom. The molecule has 1 aromatic heterocycles. The average Bonchev–Trinajstić information content (AvgIpc) is 2.92. The summed E-state index contributed by atoms with van der Waals surface area (Å²) in [6.07, 6.45) is -0.769. The minimum Gasteiger partial charge on any atom is -0.480 e. The van der Waals surface area contributed by atoms with E-state index in [1.54, 1.807) is 30.3 Å². The highest BCUT2D eigenvalue weighted by atomic mass is 19.1. The molecule has 1 atom stereocenters. The number of aromatic nitrogens is 2. The van der Waals surface area contributed by atoms with Crippen LogP contribution in [-0.2, 0) is 16.6 Å². The third-order valence-electron chi connectivity index (χ3n) is 4.35. The molecule has 1 amide bonds. The number of primary amides is 1. The molecule has 0 spiro atoms. The van der Waals surface area contributed by atoms with E-state index in [9.17, 15) is 14.0 Å². The molecular weight excluding hydrogens is 349 g/mol. The largest absolute Gasteiger partial charge is 0.480 e. The van der Waals surface area contributed by atoms with Crippen LogP contribution in [0.15, 0.2) is 41.2 Å². The van der Waals surface area contributed by atoms with Crippen molar-refractivity contribution in [1.82, 2.24) is 9.97 Å². The Bertz CT molecular complexity index is 1050. The van der Waals surface area contributed by atoms with E-state index in [-0.39, 0.29) is 23.3 Å². The second-order valence-corrected chi connectivity index (χ2v) is 7.56. The van der Waals surface area contributed by atoms with E-state index < -0.39 is 17.8 Å². The summed E-state index contributed by atoms with van der Waals surface area (Å²) in [7, 11) is 0. The molecule has 0 radical (unpaired) electrons. The van der Waals surface area contributed by atoms with Gasteiger partial charge in [0.25, 0.3) is 5.91 Å². The molecule has 7 heteroatoms. The molecule has 0 saturated heterocycles. The predicted molar refractivity (Wildman–Crippen MR) is 101 cm³/mol. The quantitative estimate of drug-likeness (QED) is 0.643. The minimum absolute atomic E-state index is 0.196. The van der Waals surface area contributed by atoms with Gasteiger partial charge in [0.05, 0.1) is 11.0 Å². The standard InChI is InChI=1S/C20H22FN3O3/c1-20(2,3)13-6-5-12(10-14(13)21)27-17(18(22)25)9-11-4-7-15-16(8-11)24-19(26)23-15/h4-8,10,17H,9H2,1-3H3,(H2,22,25)(H2,23,24,26). The molecule has 1 unspecified atom stereocenters. The first-order chi connectivity index (χ1) is 12.6. The molecule has 4 N–H and O–H groups in total. The van der Waals surface area contributed by atoms with Crippen molar-refractivity contribution in [3.8, 4) is 5.75 Å². The zero-order chi connectivity index (χ0) is 19.8. The zero-order valence-corrected chi connectivity index (χ0v) is 15.4. The smallest absolute Gasteiger partial charge is 0.323 e. The van der Waals surface area contributed by atoms with Gasteiger partial charge in [0.1, 0.15) is 11.6 Å². The number of aromatic amines is 2. The van der Waals surface area contributed by atoms with Crippen LogP contribution in [0.4, 0.5) is 4.39 Å². The van der Waals surface area contributed by atoms with Gasteiger partial charge in [-0.2, -0.15) is 0 Å². The molecule has 3 aromatic rings. The van der Waals surface area contributed by atoms with Crippen LogP contribution in [0, 0.1) is 5.82 Å². The van der Waals surface area contributed by atoms with Gasteiger partial charge in [0, 0.05) is 12.5 Å². The molecule has 0 fully saturated rings. The molecule has 0 saturated carbocycles. The minimum atomic E-state index is -0.965. The number of carbonyl (C=O) groups excluding carboxylic acids is 1. The van der Waals surface area contributed by atoms with Crippen molar-refractivity contribution in [2.75, 3.05) is 0 Å². The van der Waals surface area contributed by atoms with Crippen LogP contribution >= 0.6 is 0 Å². The lowest BCUT2D eigenvalue weighted by molar-refractivity contribution is -0.124. The molecule has 0 aliphatic rings. The fraction of sp³-hybridized carbons (Fsp3) is 0.300. The molecule has 6 nitrogen and oxygen atoms in total. The predicted octanol–water partition coefficient (Wildman–Crippen LogP) is 2.77. The summed E-state index contributed by atoms with van der Waals surface area (Å²) in [6.45, 7) is 5.75. The number of H-pyrrole nitrogens is 2. The van der Waals surface area contributed by atoms with Gasteiger partial charge in [-0.25, -0.2) is 9.18 Å². The van der Waals surface area contributed by atoms with E-state index in [0.717, 1.165) is 5.56 Å². The van der Waals surface area contributed by atoms with E-state index in [0.29, 0.717) is 16.6 Å². The summed E-state index contributed by atoms with van der Waals surface area (Å²) < 4.78 is 20.0. The number of fused-ring (bicyclic) bond motifs is 1. The number of nitrogens with two attached hydrogens (primary N) is 1. The van der Waals surface area contributed by atoms with E-state index in [1.165, 1.54) is 6.07 Å². The normalized spacial score (nSPS) is 12.9. The number of benzene rings is 2. The summed E-state index contributed by atoms with van der Waals surface area (Å²) >= 11 is 0. The third-order valence-corrected chi connectivity index (χ3v) is 4.35. The van der Waals surface area contributed by atoms with Crippen molar-refractivity contribution >= 4 is 16.9 Å². The Morgan fingerprint density at radius 3 is 2.48 bits per heavy atom. The number of amides is 1. The molecule has 2 aromatic carbocycles. The second kappa shape index (κ2) is 6.90. The summed E-state index contributed by atoms with van der Waals surface area (Å²) in [5.74, 6) is -0.812. The van der Waals surface area contributed by atoms with Gasteiger partial charge < -0.3 is 20.4 Å². The molecule has 0 aliphatic heterocycles. The molecule has 1 heterocycles. The first-order valence-corrected chi connectivity index (χ1v) is 8.60. The number of imidazole rings is 1. The summed E-state index contributed by atoms with van der Waals surface area (Å²) in [4.78, 5) is 28.5. The summed E-state index contributed by atoms with van der Waals surface area (Å²) in [6, 6.07) is 9.80. The van der Waals surface area contributed by atoms with E-state index >= 15 is 0 Å². The van der Waals surface area contributed by atoms with Crippen molar-refractivity contribution in [2.45, 2.75) is 38.7 Å². The number of hydrogen-bond acceptors (Lipinski definition) is 3. The average molecular weight is 371 g/mol. The van der Waals surface area contributed by atoms with E-state index in [2.05, 4.69) is 9.97 Å². The summed E-state index contributed by atoms with van der Waals surface area (Å²) in [5.41, 5.74) is 7.43. The SMILES string of the molecule is CC(C)(C)c1ccc(OC(Cc2ccc3[nH]c(=O)[nH]c3c2)C(N)=O)cc1F.